The molecule has 2 nitrogen and oxygen atoms in total. The maximum absolute atomic E-state index is 4.22. The molecule has 12 heavy (non-hydrogen) atoms. The Kier molecular flexibility index (Phi) is 3.55. The fourth-order valence-corrected chi connectivity index (χ4v) is 2.20. The summed E-state index contributed by atoms with van der Waals surface area (Å²) in [5.74, 6) is 1.82. The highest BCUT2D eigenvalue weighted by Crippen LogP contribution is 2.27. The Morgan fingerprint density at radius 2 is 2.17 bits per heavy atom. The molecule has 0 radical (unpaired) electrons. The summed E-state index contributed by atoms with van der Waals surface area (Å²) in [7, 11) is 0. The van der Waals surface area contributed by atoms with Gasteiger partial charge < -0.3 is 0 Å². The number of hydrogen-bond acceptors (Lipinski definition) is 4. The Morgan fingerprint density at radius 1 is 1.50 bits per heavy atom. The first-order valence-corrected chi connectivity index (χ1v) is 6.14. The molecule has 0 N–H and O–H groups in total. The van der Waals surface area contributed by atoms with Crippen LogP contribution in [0.3, 0.4) is 0 Å². The van der Waals surface area contributed by atoms with Gasteiger partial charge in [-0.25, -0.2) is 4.98 Å². The second-order valence-electron chi connectivity index (χ2n) is 3.36. The van der Waals surface area contributed by atoms with Crippen LogP contribution < -0.4 is 0 Å². The van der Waals surface area contributed by atoms with E-state index in [1.165, 1.54) is 11.5 Å². The Balaban J connectivity index is 2.44. The first kappa shape index (κ1) is 10.5. The molecule has 1 aromatic heterocycles. The standard InChI is InChI=1S/C7H11BrN2S2/c1-7(2,3)11-4-5-9-6(8)12-10-5/h4H2,1-3H3. The van der Waals surface area contributed by atoms with E-state index in [9.17, 15) is 0 Å². The average Bonchev–Trinajstić information content (AvgIpc) is 2.30. The fourth-order valence-electron chi connectivity index (χ4n) is 0.572. The first-order valence-electron chi connectivity index (χ1n) is 3.59. The van der Waals surface area contributed by atoms with Gasteiger partial charge in [-0.05, 0) is 27.5 Å². The lowest BCUT2D eigenvalue weighted by Crippen LogP contribution is -2.07. The van der Waals surface area contributed by atoms with Crippen LogP contribution in [0.5, 0.6) is 0 Å². The molecular weight excluding hydrogens is 256 g/mol. The Morgan fingerprint density at radius 3 is 2.58 bits per heavy atom. The quantitative estimate of drug-likeness (QED) is 0.822. The SMILES string of the molecule is CC(C)(C)SCc1nsc(Br)n1. The highest BCUT2D eigenvalue weighted by atomic mass is 79.9. The number of nitrogens with zero attached hydrogens (tertiary/aromatic N) is 2. The Hall–Kier alpha value is 0.390. The van der Waals surface area contributed by atoms with E-state index in [0.29, 0.717) is 0 Å². The molecule has 0 spiro atoms. The first-order chi connectivity index (χ1) is 5.47. The monoisotopic (exact) mass is 266 g/mol. The summed E-state index contributed by atoms with van der Waals surface area (Å²) >= 11 is 6.55. The molecule has 0 amide bonds. The molecule has 0 atom stereocenters. The molecule has 0 saturated carbocycles. The predicted octanol–water partition coefficient (Wildman–Crippen LogP) is 3.33. The summed E-state index contributed by atoms with van der Waals surface area (Å²) in [6.45, 7) is 6.58. The summed E-state index contributed by atoms with van der Waals surface area (Å²) in [6, 6.07) is 0. The topological polar surface area (TPSA) is 25.8 Å². The summed E-state index contributed by atoms with van der Waals surface area (Å²) in [5.41, 5.74) is 0. The number of aromatic nitrogens is 2. The van der Waals surface area contributed by atoms with Gasteiger partial charge in [-0.1, -0.05) is 20.8 Å². The van der Waals surface area contributed by atoms with Gasteiger partial charge in [-0.15, -0.1) is 11.8 Å². The highest BCUT2D eigenvalue weighted by molar-refractivity contribution is 9.11. The molecular formula is C7H11BrN2S2. The molecule has 0 saturated heterocycles. The van der Waals surface area contributed by atoms with Crippen molar-refractivity contribution in [2.75, 3.05) is 0 Å². The van der Waals surface area contributed by atoms with E-state index in [1.54, 1.807) is 0 Å². The average molecular weight is 267 g/mol. The second kappa shape index (κ2) is 4.07. The van der Waals surface area contributed by atoms with Crippen molar-refractivity contribution in [3.8, 4) is 0 Å². The summed E-state index contributed by atoms with van der Waals surface area (Å²) < 4.78 is 5.34. The normalized spacial score (nSPS) is 12.0. The zero-order valence-electron chi connectivity index (χ0n) is 7.30. The van der Waals surface area contributed by atoms with E-state index in [2.05, 4.69) is 46.1 Å². The van der Waals surface area contributed by atoms with Crippen LogP contribution in [0.2, 0.25) is 0 Å². The molecule has 0 unspecified atom stereocenters. The van der Waals surface area contributed by atoms with Crippen molar-refractivity contribution in [2.24, 2.45) is 0 Å². The third-order valence-electron chi connectivity index (χ3n) is 1.08. The molecule has 5 heteroatoms. The van der Waals surface area contributed by atoms with Crippen LogP contribution in [0.25, 0.3) is 0 Å². The minimum atomic E-state index is 0.289. The molecule has 0 aliphatic carbocycles. The smallest absolute Gasteiger partial charge is 0.179 e. The molecule has 0 bridgehead atoms. The van der Waals surface area contributed by atoms with E-state index < -0.39 is 0 Å². The van der Waals surface area contributed by atoms with Gasteiger partial charge in [0.05, 0.1) is 5.75 Å². The summed E-state index contributed by atoms with van der Waals surface area (Å²) in [5, 5.41) is 0. The lowest BCUT2D eigenvalue weighted by molar-refractivity contribution is 0.801. The fraction of sp³-hybridized carbons (Fsp3) is 0.714. The minimum Gasteiger partial charge on any atom is -0.212 e. The number of thioether (sulfide) groups is 1. The van der Waals surface area contributed by atoms with Crippen molar-refractivity contribution >= 4 is 39.2 Å². The van der Waals surface area contributed by atoms with Crippen molar-refractivity contribution < 1.29 is 0 Å². The molecule has 0 fully saturated rings. The molecule has 1 rings (SSSR count). The van der Waals surface area contributed by atoms with E-state index in [-0.39, 0.29) is 4.75 Å². The van der Waals surface area contributed by atoms with Crippen molar-refractivity contribution in [3.63, 3.8) is 0 Å². The van der Waals surface area contributed by atoms with Crippen molar-refractivity contribution in [1.82, 2.24) is 9.36 Å². The maximum atomic E-state index is 4.22. The third-order valence-corrected chi connectivity index (χ3v) is 3.50. The van der Waals surface area contributed by atoms with E-state index in [4.69, 9.17) is 0 Å². The van der Waals surface area contributed by atoms with Crippen LogP contribution in [0.15, 0.2) is 3.92 Å². The zero-order valence-corrected chi connectivity index (χ0v) is 10.5. The van der Waals surface area contributed by atoms with Gasteiger partial charge in [0.1, 0.15) is 0 Å². The van der Waals surface area contributed by atoms with Crippen molar-refractivity contribution in [3.05, 3.63) is 9.74 Å². The van der Waals surface area contributed by atoms with E-state index in [0.717, 1.165) is 15.5 Å². The van der Waals surface area contributed by atoms with E-state index >= 15 is 0 Å². The lowest BCUT2D eigenvalue weighted by Gasteiger charge is -2.15. The zero-order chi connectivity index (χ0) is 9.19. The van der Waals surface area contributed by atoms with Gasteiger partial charge in [0, 0.05) is 4.75 Å². The summed E-state index contributed by atoms with van der Waals surface area (Å²) in [4.78, 5) is 4.22. The Bertz CT molecular complexity index is 254. The molecule has 0 aliphatic rings. The highest BCUT2D eigenvalue weighted by Gasteiger charge is 2.12. The lowest BCUT2D eigenvalue weighted by atomic mass is 10.3. The molecule has 0 aromatic carbocycles. The van der Waals surface area contributed by atoms with Crippen LogP contribution in [-0.2, 0) is 5.75 Å². The van der Waals surface area contributed by atoms with Gasteiger partial charge in [0.2, 0.25) is 0 Å². The van der Waals surface area contributed by atoms with Crippen molar-refractivity contribution in [1.29, 1.82) is 0 Å². The third kappa shape index (κ3) is 3.87. The van der Waals surface area contributed by atoms with E-state index in [1.807, 2.05) is 11.8 Å². The molecule has 0 aliphatic heterocycles. The van der Waals surface area contributed by atoms with Gasteiger partial charge >= 0.3 is 0 Å². The minimum absolute atomic E-state index is 0.289. The predicted molar refractivity (Wildman–Crippen MR) is 58.7 cm³/mol. The number of halogens is 1. The second-order valence-corrected chi connectivity index (χ2v) is 7.19. The van der Waals surface area contributed by atoms with Gasteiger partial charge in [-0.3, -0.25) is 0 Å². The van der Waals surface area contributed by atoms with Crippen LogP contribution in [-0.4, -0.2) is 14.1 Å². The molecule has 1 aromatic rings. The van der Waals surface area contributed by atoms with Gasteiger partial charge in [0.15, 0.2) is 9.74 Å². The number of rotatable bonds is 2. The van der Waals surface area contributed by atoms with Gasteiger partial charge in [0.25, 0.3) is 0 Å². The Labute approximate surface area is 89.5 Å². The van der Waals surface area contributed by atoms with Crippen molar-refractivity contribution in [2.45, 2.75) is 31.3 Å². The van der Waals surface area contributed by atoms with Crippen LogP contribution in [0.1, 0.15) is 26.6 Å². The van der Waals surface area contributed by atoms with Crippen LogP contribution in [0, 0.1) is 0 Å². The summed E-state index contributed by atoms with van der Waals surface area (Å²) in [6.07, 6.45) is 0. The van der Waals surface area contributed by atoms with Crippen LogP contribution >= 0.6 is 39.2 Å². The largest absolute Gasteiger partial charge is 0.212 e. The van der Waals surface area contributed by atoms with Crippen LogP contribution in [0.4, 0.5) is 0 Å². The molecule has 68 valence electrons. The van der Waals surface area contributed by atoms with Gasteiger partial charge in [-0.2, -0.15) is 4.37 Å². The maximum Gasteiger partial charge on any atom is 0.179 e. The molecule has 1 heterocycles. The number of hydrogen-bond donors (Lipinski definition) is 0.